The summed E-state index contributed by atoms with van der Waals surface area (Å²) in [7, 11) is 0. The maximum Gasteiger partial charge on any atom is 0.251 e. The normalized spacial score (nSPS) is 12.2. The Morgan fingerprint density at radius 3 is 2.79 bits per heavy atom. The fraction of sp³-hybridized carbons (Fsp3) is 0.267. The standard InChI is InChI=1S/C15H16FN7O/c1-9-6-12(16)4-5-13(9)23-15(19-11(3)21-23)20-14(24)10(2)22-8-17-7-18-22/h4-8,10H,1-3H3,(H,19,20,21,24). The van der Waals surface area contributed by atoms with Crippen LogP contribution in [-0.2, 0) is 4.79 Å². The summed E-state index contributed by atoms with van der Waals surface area (Å²) >= 11 is 0. The van der Waals surface area contributed by atoms with E-state index in [1.54, 1.807) is 26.8 Å². The van der Waals surface area contributed by atoms with Gasteiger partial charge in [-0.25, -0.2) is 14.1 Å². The lowest BCUT2D eigenvalue weighted by Gasteiger charge is -2.13. The molecule has 3 rings (SSSR count). The van der Waals surface area contributed by atoms with E-state index in [-0.39, 0.29) is 17.7 Å². The Morgan fingerprint density at radius 2 is 2.12 bits per heavy atom. The fourth-order valence-electron chi connectivity index (χ4n) is 2.27. The molecular formula is C15H16FN7O. The summed E-state index contributed by atoms with van der Waals surface area (Å²) in [6.45, 7) is 5.17. The van der Waals surface area contributed by atoms with E-state index in [0.29, 0.717) is 17.1 Å². The van der Waals surface area contributed by atoms with Crippen molar-refractivity contribution in [3.05, 3.63) is 48.1 Å². The van der Waals surface area contributed by atoms with E-state index in [4.69, 9.17) is 0 Å². The molecule has 24 heavy (non-hydrogen) atoms. The van der Waals surface area contributed by atoms with Crippen LogP contribution in [0.3, 0.4) is 0 Å². The summed E-state index contributed by atoms with van der Waals surface area (Å²) in [5, 5.41) is 11.0. The predicted octanol–water partition coefficient (Wildman–Crippen LogP) is 1.81. The average molecular weight is 329 g/mol. The lowest BCUT2D eigenvalue weighted by Crippen LogP contribution is -2.25. The summed E-state index contributed by atoms with van der Waals surface area (Å²) in [5.41, 5.74) is 1.32. The molecule has 0 spiro atoms. The number of amides is 1. The van der Waals surface area contributed by atoms with Crippen molar-refractivity contribution in [2.24, 2.45) is 0 Å². The van der Waals surface area contributed by atoms with Crippen LogP contribution in [0.4, 0.5) is 10.3 Å². The van der Waals surface area contributed by atoms with Crippen LogP contribution in [0.25, 0.3) is 5.69 Å². The molecule has 2 heterocycles. The van der Waals surface area contributed by atoms with E-state index in [2.05, 4.69) is 25.5 Å². The number of halogens is 1. The third-order valence-corrected chi connectivity index (χ3v) is 3.55. The third kappa shape index (κ3) is 3.00. The van der Waals surface area contributed by atoms with Gasteiger partial charge in [-0.15, -0.1) is 5.10 Å². The zero-order valence-electron chi connectivity index (χ0n) is 13.4. The minimum atomic E-state index is -0.563. The van der Waals surface area contributed by atoms with E-state index in [0.717, 1.165) is 0 Å². The Hall–Kier alpha value is -3.10. The first kappa shape index (κ1) is 15.8. The second kappa shape index (κ2) is 6.19. The predicted molar refractivity (Wildman–Crippen MR) is 84.2 cm³/mol. The zero-order valence-corrected chi connectivity index (χ0v) is 13.4. The SMILES string of the molecule is Cc1nc(NC(=O)C(C)n2cncn2)n(-c2ccc(F)cc2C)n1. The second-order valence-corrected chi connectivity index (χ2v) is 5.37. The van der Waals surface area contributed by atoms with Gasteiger partial charge in [0.2, 0.25) is 5.95 Å². The molecule has 1 amide bonds. The van der Waals surface area contributed by atoms with Gasteiger partial charge in [-0.1, -0.05) is 0 Å². The van der Waals surface area contributed by atoms with Crippen LogP contribution >= 0.6 is 0 Å². The summed E-state index contributed by atoms with van der Waals surface area (Å²) in [5.74, 6) is 0.106. The Morgan fingerprint density at radius 1 is 1.33 bits per heavy atom. The Labute approximate surface area is 137 Å². The largest absolute Gasteiger partial charge is 0.293 e. The number of hydrogen-bond acceptors (Lipinski definition) is 5. The molecule has 0 fully saturated rings. The molecule has 1 atom stereocenters. The van der Waals surface area contributed by atoms with Gasteiger partial charge in [0.1, 0.15) is 30.3 Å². The molecule has 0 saturated heterocycles. The minimum absolute atomic E-state index is 0.263. The molecule has 0 radical (unpaired) electrons. The van der Waals surface area contributed by atoms with Crippen LogP contribution in [-0.4, -0.2) is 35.4 Å². The highest BCUT2D eigenvalue weighted by Gasteiger charge is 2.20. The van der Waals surface area contributed by atoms with Gasteiger partial charge >= 0.3 is 0 Å². The number of anilines is 1. The smallest absolute Gasteiger partial charge is 0.251 e. The molecule has 0 bridgehead atoms. The molecule has 2 aromatic heterocycles. The number of hydrogen-bond donors (Lipinski definition) is 1. The van der Waals surface area contributed by atoms with Gasteiger partial charge in [-0.2, -0.15) is 14.8 Å². The molecule has 124 valence electrons. The van der Waals surface area contributed by atoms with Crippen molar-refractivity contribution < 1.29 is 9.18 Å². The maximum absolute atomic E-state index is 13.3. The lowest BCUT2D eigenvalue weighted by atomic mass is 10.2. The Kier molecular flexibility index (Phi) is 4.07. The first-order valence-corrected chi connectivity index (χ1v) is 7.31. The molecular weight excluding hydrogens is 313 g/mol. The van der Waals surface area contributed by atoms with Crippen molar-refractivity contribution in [1.82, 2.24) is 29.5 Å². The molecule has 0 aliphatic rings. The average Bonchev–Trinajstić information content (AvgIpc) is 3.16. The number of nitrogens with zero attached hydrogens (tertiary/aromatic N) is 6. The number of aryl methyl sites for hydroxylation is 2. The van der Waals surface area contributed by atoms with Crippen molar-refractivity contribution in [3.8, 4) is 5.69 Å². The molecule has 1 N–H and O–H groups in total. The topological polar surface area (TPSA) is 90.5 Å². The molecule has 0 saturated carbocycles. The van der Waals surface area contributed by atoms with Crippen molar-refractivity contribution >= 4 is 11.9 Å². The Balaban J connectivity index is 1.91. The zero-order chi connectivity index (χ0) is 17.3. The van der Waals surface area contributed by atoms with Gasteiger partial charge in [-0.3, -0.25) is 10.1 Å². The van der Waals surface area contributed by atoms with E-state index < -0.39 is 6.04 Å². The summed E-state index contributed by atoms with van der Waals surface area (Å²) in [6, 6.07) is 3.76. The van der Waals surface area contributed by atoms with Crippen LogP contribution in [0, 0.1) is 19.7 Å². The van der Waals surface area contributed by atoms with E-state index in [1.165, 1.54) is 34.2 Å². The van der Waals surface area contributed by atoms with Gasteiger partial charge in [0.05, 0.1) is 5.69 Å². The molecule has 0 aliphatic heterocycles. The molecule has 3 aromatic rings. The number of benzene rings is 1. The number of carbonyl (C=O) groups is 1. The number of rotatable bonds is 4. The van der Waals surface area contributed by atoms with Gasteiger partial charge in [0, 0.05) is 0 Å². The van der Waals surface area contributed by atoms with Gasteiger partial charge < -0.3 is 0 Å². The van der Waals surface area contributed by atoms with Crippen molar-refractivity contribution in [1.29, 1.82) is 0 Å². The molecule has 1 aromatic carbocycles. The molecule has 1 unspecified atom stereocenters. The lowest BCUT2D eigenvalue weighted by molar-refractivity contribution is -0.119. The summed E-state index contributed by atoms with van der Waals surface area (Å²) < 4.78 is 16.2. The molecule has 8 nitrogen and oxygen atoms in total. The first-order chi connectivity index (χ1) is 11.5. The maximum atomic E-state index is 13.3. The highest BCUT2D eigenvalue weighted by Crippen LogP contribution is 2.19. The van der Waals surface area contributed by atoms with Gasteiger partial charge in [-0.05, 0) is 44.5 Å². The monoisotopic (exact) mass is 329 g/mol. The Bertz CT molecular complexity index is 872. The van der Waals surface area contributed by atoms with E-state index >= 15 is 0 Å². The van der Waals surface area contributed by atoms with E-state index in [9.17, 15) is 9.18 Å². The first-order valence-electron chi connectivity index (χ1n) is 7.31. The highest BCUT2D eigenvalue weighted by atomic mass is 19.1. The number of nitrogens with one attached hydrogen (secondary N) is 1. The van der Waals surface area contributed by atoms with E-state index in [1.807, 2.05) is 0 Å². The van der Waals surface area contributed by atoms with Crippen LogP contribution in [0.15, 0.2) is 30.9 Å². The highest BCUT2D eigenvalue weighted by molar-refractivity contribution is 5.92. The fourth-order valence-corrected chi connectivity index (χ4v) is 2.27. The van der Waals surface area contributed by atoms with Crippen molar-refractivity contribution in [2.45, 2.75) is 26.8 Å². The van der Waals surface area contributed by atoms with Crippen molar-refractivity contribution in [2.75, 3.05) is 5.32 Å². The van der Waals surface area contributed by atoms with Gasteiger partial charge in [0.25, 0.3) is 5.91 Å². The minimum Gasteiger partial charge on any atom is -0.293 e. The summed E-state index contributed by atoms with van der Waals surface area (Å²) in [6.07, 6.45) is 2.82. The van der Waals surface area contributed by atoms with Crippen LogP contribution in [0.1, 0.15) is 24.4 Å². The molecule has 0 aliphatic carbocycles. The number of aromatic nitrogens is 6. The summed E-state index contributed by atoms with van der Waals surface area (Å²) in [4.78, 5) is 20.5. The third-order valence-electron chi connectivity index (χ3n) is 3.55. The number of carbonyl (C=O) groups excluding carboxylic acids is 1. The second-order valence-electron chi connectivity index (χ2n) is 5.37. The van der Waals surface area contributed by atoms with Crippen LogP contribution in [0.2, 0.25) is 0 Å². The van der Waals surface area contributed by atoms with Crippen LogP contribution < -0.4 is 5.32 Å². The quantitative estimate of drug-likeness (QED) is 0.788. The molecule has 9 heteroatoms. The van der Waals surface area contributed by atoms with Crippen molar-refractivity contribution in [3.63, 3.8) is 0 Å². The van der Waals surface area contributed by atoms with Gasteiger partial charge in [0.15, 0.2) is 0 Å². The van der Waals surface area contributed by atoms with Crippen LogP contribution in [0.5, 0.6) is 0 Å².